The summed E-state index contributed by atoms with van der Waals surface area (Å²) in [5, 5.41) is 0. The van der Waals surface area contributed by atoms with Crippen LogP contribution in [0.3, 0.4) is 0 Å². The molecule has 0 unspecified atom stereocenters. The van der Waals surface area contributed by atoms with E-state index in [0.29, 0.717) is 19.8 Å². The zero-order valence-corrected chi connectivity index (χ0v) is 9.21. The first kappa shape index (κ1) is 10.1. The number of fused-ring (bicyclic) bond motifs is 1. The summed E-state index contributed by atoms with van der Waals surface area (Å²) in [6, 6.07) is 3.97. The van der Waals surface area contributed by atoms with Crippen LogP contribution in [0.4, 0.5) is 0 Å². The summed E-state index contributed by atoms with van der Waals surface area (Å²) in [6.07, 6.45) is 0.990. The predicted molar refractivity (Wildman–Crippen MR) is 58.0 cm³/mol. The van der Waals surface area contributed by atoms with Crippen LogP contribution < -0.4 is 14.2 Å². The lowest BCUT2D eigenvalue weighted by atomic mass is 10.2. The van der Waals surface area contributed by atoms with Crippen molar-refractivity contribution in [1.29, 1.82) is 0 Å². The number of benzene rings is 1. The number of ether oxygens (including phenoxy) is 3. The quantitative estimate of drug-likeness (QED) is 0.764. The lowest BCUT2D eigenvalue weighted by molar-refractivity contribution is 0.161. The molecule has 0 saturated heterocycles. The van der Waals surface area contributed by atoms with E-state index < -0.39 is 0 Å². The highest BCUT2D eigenvalue weighted by molar-refractivity contribution is 5.54. The molecule has 0 bridgehead atoms. The summed E-state index contributed by atoms with van der Waals surface area (Å²) in [5.41, 5.74) is 1.13. The minimum Gasteiger partial charge on any atom is -0.490 e. The summed E-state index contributed by atoms with van der Waals surface area (Å²) in [6.45, 7) is 6.03. The maximum Gasteiger partial charge on any atom is 0.203 e. The average Bonchev–Trinajstić information content (AvgIpc) is 2.25. The summed E-state index contributed by atoms with van der Waals surface area (Å²) in [5.74, 6) is 2.35. The van der Waals surface area contributed by atoms with Gasteiger partial charge in [0, 0.05) is 0 Å². The van der Waals surface area contributed by atoms with Crippen LogP contribution in [-0.2, 0) is 0 Å². The van der Waals surface area contributed by atoms with Crippen LogP contribution in [0.1, 0.15) is 18.9 Å². The summed E-state index contributed by atoms with van der Waals surface area (Å²) in [7, 11) is 0. The van der Waals surface area contributed by atoms with Gasteiger partial charge in [0.15, 0.2) is 11.5 Å². The van der Waals surface area contributed by atoms with E-state index in [1.807, 2.05) is 19.1 Å². The van der Waals surface area contributed by atoms with E-state index in [0.717, 1.165) is 29.2 Å². The Kier molecular flexibility index (Phi) is 2.99. The lowest BCUT2D eigenvalue weighted by Crippen LogP contribution is -2.16. The van der Waals surface area contributed by atoms with Gasteiger partial charge < -0.3 is 14.2 Å². The fourth-order valence-corrected chi connectivity index (χ4v) is 1.57. The fourth-order valence-electron chi connectivity index (χ4n) is 1.57. The van der Waals surface area contributed by atoms with E-state index in [9.17, 15) is 0 Å². The van der Waals surface area contributed by atoms with Gasteiger partial charge in [0.05, 0.1) is 6.61 Å². The van der Waals surface area contributed by atoms with Gasteiger partial charge in [-0.3, -0.25) is 0 Å². The van der Waals surface area contributed by atoms with E-state index >= 15 is 0 Å². The molecule has 3 heteroatoms. The van der Waals surface area contributed by atoms with Crippen molar-refractivity contribution < 1.29 is 14.2 Å². The summed E-state index contributed by atoms with van der Waals surface area (Å²) < 4.78 is 16.7. The third-order valence-corrected chi connectivity index (χ3v) is 2.21. The number of hydrogen-bond donors (Lipinski definition) is 0. The van der Waals surface area contributed by atoms with Crippen molar-refractivity contribution in [3.05, 3.63) is 17.7 Å². The van der Waals surface area contributed by atoms with Crippen molar-refractivity contribution in [2.45, 2.75) is 20.3 Å². The first-order valence-corrected chi connectivity index (χ1v) is 5.34. The maximum absolute atomic E-state index is 5.63. The Morgan fingerprint density at radius 3 is 2.87 bits per heavy atom. The Bertz CT molecular complexity index is 347. The lowest BCUT2D eigenvalue weighted by Gasteiger charge is -2.21. The smallest absolute Gasteiger partial charge is 0.203 e. The van der Waals surface area contributed by atoms with Crippen LogP contribution in [0.5, 0.6) is 17.2 Å². The van der Waals surface area contributed by atoms with E-state index in [2.05, 4.69) is 6.92 Å². The van der Waals surface area contributed by atoms with Gasteiger partial charge >= 0.3 is 0 Å². The summed E-state index contributed by atoms with van der Waals surface area (Å²) in [4.78, 5) is 0. The normalized spacial score (nSPS) is 13.7. The molecule has 1 aromatic rings. The molecular weight excluding hydrogens is 192 g/mol. The molecule has 1 heterocycles. The van der Waals surface area contributed by atoms with Gasteiger partial charge in [0.2, 0.25) is 5.75 Å². The Morgan fingerprint density at radius 1 is 1.27 bits per heavy atom. The van der Waals surface area contributed by atoms with Crippen molar-refractivity contribution >= 4 is 0 Å². The predicted octanol–water partition coefficient (Wildman–Crippen LogP) is 2.56. The standard InChI is InChI=1S/C12H16O3/c1-3-4-13-10-7-9(2)8-11-12(10)15-6-5-14-11/h7-8H,3-6H2,1-2H3. The van der Waals surface area contributed by atoms with Crippen LogP contribution in [0.15, 0.2) is 12.1 Å². The SMILES string of the molecule is CCCOc1cc(C)cc2c1OCCO2. The molecule has 1 aliphatic heterocycles. The Balaban J connectivity index is 2.30. The molecule has 2 rings (SSSR count). The molecule has 82 valence electrons. The highest BCUT2D eigenvalue weighted by Gasteiger charge is 2.17. The largest absolute Gasteiger partial charge is 0.490 e. The molecule has 1 aromatic carbocycles. The van der Waals surface area contributed by atoms with Gasteiger partial charge in [0.25, 0.3) is 0 Å². The molecule has 0 fully saturated rings. The minimum atomic E-state index is 0.596. The Hall–Kier alpha value is -1.38. The fraction of sp³-hybridized carbons (Fsp3) is 0.500. The first-order chi connectivity index (χ1) is 7.31. The van der Waals surface area contributed by atoms with Crippen molar-refractivity contribution in [2.75, 3.05) is 19.8 Å². The monoisotopic (exact) mass is 208 g/mol. The molecule has 0 amide bonds. The van der Waals surface area contributed by atoms with Gasteiger partial charge in [-0.25, -0.2) is 0 Å². The molecular formula is C12H16O3. The van der Waals surface area contributed by atoms with Crippen LogP contribution in [0, 0.1) is 6.92 Å². The topological polar surface area (TPSA) is 27.7 Å². The highest BCUT2D eigenvalue weighted by Crippen LogP contribution is 2.40. The van der Waals surface area contributed by atoms with Gasteiger partial charge in [-0.05, 0) is 31.0 Å². The van der Waals surface area contributed by atoms with Crippen LogP contribution in [0.2, 0.25) is 0 Å². The third kappa shape index (κ3) is 2.17. The molecule has 0 aliphatic carbocycles. The van der Waals surface area contributed by atoms with Crippen molar-refractivity contribution in [3.63, 3.8) is 0 Å². The molecule has 3 nitrogen and oxygen atoms in total. The van der Waals surface area contributed by atoms with Gasteiger partial charge in [0.1, 0.15) is 13.2 Å². The molecule has 15 heavy (non-hydrogen) atoms. The van der Waals surface area contributed by atoms with Gasteiger partial charge in [-0.2, -0.15) is 0 Å². The van der Waals surface area contributed by atoms with Crippen LogP contribution in [0.25, 0.3) is 0 Å². The average molecular weight is 208 g/mol. The molecule has 0 aromatic heterocycles. The second-order valence-electron chi connectivity index (χ2n) is 3.64. The first-order valence-electron chi connectivity index (χ1n) is 5.34. The van der Waals surface area contributed by atoms with E-state index in [-0.39, 0.29) is 0 Å². The minimum absolute atomic E-state index is 0.596. The molecule has 0 atom stereocenters. The van der Waals surface area contributed by atoms with Crippen LogP contribution >= 0.6 is 0 Å². The molecule has 0 N–H and O–H groups in total. The van der Waals surface area contributed by atoms with E-state index in [1.54, 1.807) is 0 Å². The summed E-state index contributed by atoms with van der Waals surface area (Å²) >= 11 is 0. The Labute approximate surface area is 90.0 Å². The molecule has 1 aliphatic rings. The zero-order valence-electron chi connectivity index (χ0n) is 9.21. The van der Waals surface area contributed by atoms with Gasteiger partial charge in [-0.15, -0.1) is 0 Å². The zero-order chi connectivity index (χ0) is 10.7. The van der Waals surface area contributed by atoms with E-state index in [4.69, 9.17) is 14.2 Å². The van der Waals surface area contributed by atoms with Crippen molar-refractivity contribution in [3.8, 4) is 17.2 Å². The molecule has 0 spiro atoms. The molecule has 0 saturated carbocycles. The van der Waals surface area contributed by atoms with Gasteiger partial charge in [-0.1, -0.05) is 6.92 Å². The highest BCUT2D eigenvalue weighted by atomic mass is 16.6. The maximum atomic E-state index is 5.63. The number of hydrogen-bond acceptors (Lipinski definition) is 3. The number of aryl methyl sites for hydroxylation is 1. The van der Waals surface area contributed by atoms with E-state index in [1.165, 1.54) is 0 Å². The van der Waals surface area contributed by atoms with Crippen molar-refractivity contribution in [2.24, 2.45) is 0 Å². The van der Waals surface area contributed by atoms with Crippen molar-refractivity contribution in [1.82, 2.24) is 0 Å². The second-order valence-corrected chi connectivity index (χ2v) is 3.64. The Morgan fingerprint density at radius 2 is 2.07 bits per heavy atom. The second kappa shape index (κ2) is 4.43. The molecule has 0 radical (unpaired) electrons. The third-order valence-electron chi connectivity index (χ3n) is 2.21. The number of rotatable bonds is 3. The van der Waals surface area contributed by atoms with Crippen LogP contribution in [-0.4, -0.2) is 19.8 Å².